The highest BCUT2D eigenvalue weighted by molar-refractivity contribution is 5.96. The minimum absolute atomic E-state index is 0.189. The molecule has 1 rings (SSSR count). The number of nitrogen functional groups attached to an aromatic ring is 1. The van der Waals surface area contributed by atoms with Gasteiger partial charge < -0.3 is 21.1 Å². The number of alkyl carbamates (subject to hydrolysis) is 1. The van der Waals surface area contributed by atoms with Gasteiger partial charge in [0.25, 0.3) is 5.91 Å². The molecule has 21 heavy (non-hydrogen) atoms. The summed E-state index contributed by atoms with van der Waals surface area (Å²) in [5.74, 6) is -0.370. The number of nitrogens with two attached hydrogens (primary N) is 1. The van der Waals surface area contributed by atoms with Gasteiger partial charge in [0.1, 0.15) is 5.60 Å². The number of aryl methyl sites for hydroxylation is 1. The largest absolute Gasteiger partial charge is 0.444 e. The molecule has 8 heteroatoms. The van der Waals surface area contributed by atoms with Crippen molar-refractivity contribution < 1.29 is 14.3 Å². The summed E-state index contributed by atoms with van der Waals surface area (Å²) in [7, 11) is 0. The number of nitrogens with zero attached hydrogens (tertiary/aromatic N) is 2. The SMILES string of the molecule is CCn1cc(N)c(C(=O)NCCNC(=O)OC(C)(C)C)n1. The molecule has 0 saturated carbocycles. The summed E-state index contributed by atoms with van der Waals surface area (Å²) in [4.78, 5) is 23.2. The van der Waals surface area contributed by atoms with E-state index in [2.05, 4.69) is 15.7 Å². The Labute approximate surface area is 124 Å². The average molecular weight is 297 g/mol. The number of nitrogens with one attached hydrogen (secondary N) is 2. The first-order chi connectivity index (χ1) is 9.73. The van der Waals surface area contributed by atoms with E-state index < -0.39 is 11.7 Å². The maximum Gasteiger partial charge on any atom is 0.407 e. The molecular formula is C13H23N5O3. The molecule has 0 saturated heterocycles. The van der Waals surface area contributed by atoms with Crippen molar-refractivity contribution in [3.63, 3.8) is 0 Å². The number of carbonyl (C=O) groups is 2. The Balaban J connectivity index is 2.34. The second-order valence-corrected chi connectivity index (χ2v) is 5.47. The summed E-state index contributed by atoms with van der Waals surface area (Å²) in [6.45, 7) is 8.39. The predicted molar refractivity (Wildman–Crippen MR) is 78.9 cm³/mol. The monoisotopic (exact) mass is 297 g/mol. The van der Waals surface area contributed by atoms with Crippen LogP contribution in [0.15, 0.2) is 6.20 Å². The summed E-state index contributed by atoms with van der Waals surface area (Å²) < 4.78 is 6.65. The highest BCUT2D eigenvalue weighted by Crippen LogP contribution is 2.08. The molecule has 0 radical (unpaired) electrons. The van der Waals surface area contributed by atoms with Gasteiger partial charge in [0.15, 0.2) is 5.69 Å². The van der Waals surface area contributed by atoms with E-state index in [4.69, 9.17) is 10.5 Å². The minimum Gasteiger partial charge on any atom is -0.444 e. The lowest BCUT2D eigenvalue weighted by Gasteiger charge is -2.19. The lowest BCUT2D eigenvalue weighted by Crippen LogP contribution is -2.38. The summed E-state index contributed by atoms with van der Waals surface area (Å²) in [6, 6.07) is 0. The molecule has 1 aromatic heterocycles. The van der Waals surface area contributed by atoms with Gasteiger partial charge in [0.05, 0.1) is 5.69 Å². The third-order valence-electron chi connectivity index (χ3n) is 2.41. The summed E-state index contributed by atoms with van der Waals surface area (Å²) in [6.07, 6.45) is 1.08. The smallest absolute Gasteiger partial charge is 0.407 e. The quantitative estimate of drug-likeness (QED) is 0.694. The molecule has 0 aliphatic carbocycles. The van der Waals surface area contributed by atoms with Crippen molar-refractivity contribution in [3.8, 4) is 0 Å². The van der Waals surface area contributed by atoms with Crippen LogP contribution < -0.4 is 16.4 Å². The first-order valence-electron chi connectivity index (χ1n) is 6.81. The molecule has 2 amide bonds. The molecule has 0 bridgehead atoms. The van der Waals surface area contributed by atoms with E-state index in [1.165, 1.54) is 0 Å². The van der Waals surface area contributed by atoms with Crippen molar-refractivity contribution in [3.05, 3.63) is 11.9 Å². The topological polar surface area (TPSA) is 111 Å². The van der Waals surface area contributed by atoms with Gasteiger partial charge in [-0.3, -0.25) is 9.48 Å². The van der Waals surface area contributed by atoms with Gasteiger partial charge in [-0.2, -0.15) is 5.10 Å². The number of carbonyl (C=O) groups excluding carboxylic acids is 2. The van der Waals surface area contributed by atoms with Gasteiger partial charge >= 0.3 is 6.09 Å². The van der Waals surface area contributed by atoms with Crippen LogP contribution in [0.1, 0.15) is 38.2 Å². The zero-order valence-corrected chi connectivity index (χ0v) is 12.9. The number of ether oxygens (including phenoxy) is 1. The number of anilines is 1. The molecule has 0 aliphatic rings. The fourth-order valence-corrected chi connectivity index (χ4v) is 1.51. The van der Waals surface area contributed by atoms with Gasteiger partial charge in [-0.25, -0.2) is 4.79 Å². The van der Waals surface area contributed by atoms with Crippen LogP contribution >= 0.6 is 0 Å². The first-order valence-corrected chi connectivity index (χ1v) is 6.81. The molecule has 8 nitrogen and oxygen atoms in total. The Morgan fingerprint density at radius 1 is 1.33 bits per heavy atom. The van der Waals surface area contributed by atoms with E-state index in [0.717, 1.165) is 0 Å². The Morgan fingerprint density at radius 2 is 1.95 bits per heavy atom. The van der Waals surface area contributed by atoms with Crippen LogP contribution in [0.25, 0.3) is 0 Å². The number of amides is 2. The van der Waals surface area contributed by atoms with Crippen LogP contribution in [0.3, 0.4) is 0 Å². The van der Waals surface area contributed by atoms with Crippen molar-refractivity contribution in [1.29, 1.82) is 0 Å². The van der Waals surface area contributed by atoms with E-state index in [0.29, 0.717) is 12.2 Å². The van der Waals surface area contributed by atoms with Crippen molar-refractivity contribution in [2.45, 2.75) is 39.8 Å². The number of hydrogen-bond donors (Lipinski definition) is 3. The van der Waals surface area contributed by atoms with E-state index in [1.54, 1.807) is 31.6 Å². The molecule has 0 fully saturated rings. The second kappa shape index (κ2) is 6.96. The summed E-state index contributed by atoms with van der Waals surface area (Å²) in [5, 5.41) is 9.23. The van der Waals surface area contributed by atoms with Crippen molar-refractivity contribution in [2.75, 3.05) is 18.8 Å². The third-order valence-corrected chi connectivity index (χ3v) is 2.41. The molecule has 118 valence electrons. The van der Waals surface area contributed by atoms with Crippen LogP contribution in [-0.2, 0) is 11.3 Å². The van der Waals surface area contributed by atoms with Crippen molar-refractivity contribution >= 4 is 17.7 Å². The lowest BCUT2D eigenvalue weighted by molar-refractivity contribution is 0.0526. The molecule has 0 unspecified atom stereocenters. The normalized spacial score (nSPS) is 11.0. The van der Waals surface area contributed by atoms with Gasteiger partial charge in [-0.15, -0.1) is 0 Å². The fraction of sp³-hybridized carbons (Fsp3) is 0.615. The number of hydrogen-bond acceptors (Lipinski definition) is 5. The third kappa shape index (κ3) is 5.72. The van der Waals surface area contributed by atoms with E-state index in [1.807, 2.05) is 6.92 Å². The lowest BCUT2D eigenvalue weighted by atomic mass is 10.2. The van der Waals surface area contributed by atoms with Crippen LogP contribution in [0, 0.1) is 0 Å². The Morgan fingerprint density at radius 3 is 2.48 bits per heavy atom. The van der Waals surface area contributed by atoms with Gasteiger partial charge in [-0.05, 0) is 27.7 Å². The number of rotatable bonds is 5. The Hall–Kier alpha value is -2.25. The zero-order valence-electron chi connectivity index (χ0n) is 12.9. The van der Waals surface area contributed by atoms with Crippen LogP contribution in [-0.4, -0.2) is 40.5 Å². The predicted octanol–water partition coefficient (Wildman–Crippen LogP) is 0.740. The fourth-order valence-electron chi connectivity index (χ4n) is 1.51. The average Bonchev–Trinajstić information content (AvgIpc) is 2.73. The first kappa shape index (κ1) is 16.8. The maximum absolute atomic E-state index is 11.9. The highest BCUT2D eigenvalue weighted by Gasteiger charge is 2.16. The number of aromatic nitrogens is 2. The summed E-state index contributed by atoms with van der Waals surface area (Å²) in [5.41, 5.74) is 5.68. The highest BCUT2D eigenvalue weighted by atomic mass is 16.6. The Kier molecular flexibility index (Phi) is 5.57. The van der Waals surface area contributed by atoms with Crippen LogP contribution in [0.5, 0.6) is 0 Å². The van der Waals surface area contributed by atoms with E-state index >= 15 is 0 Å². The molecule has 0 aromatic carbocycles. The molecule has 1 aromatic rings. The summed E-state index contributed by atoms with van der Waals surface area (Å²) >= 11 is 0. The minimum atomic E-state index is -0.547. The molecule has 0 atom stereocenters. The van der Waals surface area contributed by atoms with Crippen LogP contribution in [0.4, 0.5) is 10.5 Å². The van der Waals surface area contributed by atoms with Gasteiger partial charge in [0.2, 0.25) is 0 Å². The molecule has 1 heterocycles. The van der Waals surface area contributed by atoms with E-state index in [9.17, 15) is 9.59 Å². The maximum atomic E-state index is 11.9. The molecular weight excluding hydrogens is 274 g/mol. The standard InChI is InChI=1S/C13H23N5O3/c1-5-18-8-9(14)10(17-18)11(19)15-6-7-16-12(20)21-13(2,3)4/h8H,5-7,14H2,1-4H3,(H,15,19)(H,16,20). The molecule has 0 spiro atoms. The van der Waals surface area contributed by atoms with Gasteiger partial charge in [-0.1, -0.05) is 0 Å². The Bertz CT molecular complexity index is 504. The van der Waals surface area contributed by atoms with Gasteiger partial charge in [0, 0.05) is 25.8 Å². The second-order valence-electron chi connectivity index (χ2n) is 5.47. The van der Waals surface area contributed by atoms with E-state index in [-0.39, 0.29) is 24.7 Å². The molecule has 0 aliphatic heterocycles. The van der Waals surface area contributed by atoms with Crippen molar-refractivity contribution in [1.82, 2.24) is 20.4 Å². The molecule has 4 N–H and O–H groups in total. The van der Waals surface area contributed by atoms with Crippen LogP contribution in [0.2, 0.25) is 0 Å². The zero-order chi connectivity index (χ0) is 16.0. The van der Waals surface area contributed by atoms with Crippen molar-refractivity contribution in [2.24, 2.45) is 0 Å².